The fourth-order valence-electron chi connectivity index (χ4n) is 6.89. The van der Waals surface area contributed by atoms with Gasteiger partial charge in [-0.25, -0.2) is 4.99 Å². The Morgan fingerprint density at radius 1 is 1.00 bits per heavy atom. The van der Waals surface area contributed by atoms with Gasteiger partial charge in [-0.2, -0.15) is 0 Å². The summed E-state index contributed by atoms with van der Waals surface area (Å²) in [6.45, 7) is 11.1. The number of nitrogens with two attached hydrogens (primary N) is 1. The van der Waals surface area contributed by atoms with Crippen LogP contribution in [-0.4, -0.2) is 6.34 Å². The normalized spacial score (nSPS) is 21.6. The van der Waals surface area contributed by atoms with Crippen molar-refractivity contribution < 1.29 is 0 Å². The molecule has 3 aliphatic rings. The Morgan fingerprint density at radius 2 is 1.80 bits per heavy atom. The number of allylic oxidation sites excluding steroid dienone is 10. The molecule has 2 nitrogen and oxygen atoms in total. The predicted molar refractivity (Wildman–Crippen MR) is 173 cm³/mol. The molecule has 2 unspecified atom stereocenters. The highest BCUT2D eigenvalue weighted by molar-refractivity contribution is 5.83. The van der Waals surface area contributed by atoms with Crippen molar-refractivity contribution in [3.8, 4) is 11.1 Å². The third-order valence-corrected chi connectivity index (χ3v) is 9.26. The van der Waals surface area contributed by atoms with Gasteiger partial charge in [0, 0.05) is 5.41 Å². The molecule has 2 aromatic carbocycles. The maximum atomic E-state index is 5.66. The lowest BCUT2D eigenvalue weighted by molar-refractivity contribution is 0.533. The van der Waals surface area contributed by atoms with E-state index in [4.69, 9.17) is 5.73 Å². The third-order valence-electron chi connectivity index (χ3n) is 9.26. The summed E-state index contributed by atoms with van der Waals surface area (Å²) in [5.41, 5.74) is 19.5. The molecule has 0 saturated carbocycles. The van der Waals surface area contributed by atoms with E-state index in [0.717, 1.165) is 37.0 Å². The Hall–Kier alpha value is -3.65. The van der Waals surface area contributed by atoms with E-state index >= 15 is 0 Å². The monoisotopic (exact) mass is 528 g/mol. The fraction of sp³-hybridized carbons (Fsp3) is 0.342. The van der Waals surface area contributed by atoms with E-state index in [1.807, 2.05) is 19.9 Å². The van der Waals surface area contributed by atoms with Gasteiger partial charge in [0.1, 0.15) is 0 Å². The minimum absolute atomic E-state index is 0.0738. The summed E-state index contributed by atoms with van der Waals surface area (Å²) in [5, 5.41) is 0. The van der Waals surface area contributed by atoms with Crippen molar-refractivity contribution in [3.05, 3.63) is 124 Å². The molecule has 0 amide bonds. The summed E-state index contributed by atoms with van der Waals surface area (Å²) in [6, 6.07) is 16.1. The number of rotatable bonds is 7. The summed E-state index contributed by atoms with van der Waals surface area (Å²) >= 11 is 0. The van der Waals surface area contributed by atoms with Crippen molar-refractivity contribution in [3.63, 3.8) is 0 Å². The molecule has 2 atom stereocenters. The van der Waals surface area contributed by atoms with Crippen LogP contribution in [0.3, 0.4) is 0 Å². The molecule has 0 radical (unpaired) electrons. The lowest BCUT2D eigenvalue weighted by atomic mass is 9.77. The van der Waals surface area contributed by atoms with Crippen LogP contribution in [0.15, 0.2) is 112 Å². The van der Waals surface area contributed by atoms with Crippen LogP contribution in [0.2, 0.25) is 0 Å². The van der Waals surface area contributed by atoms with Gasteiger partial charge in [-0.05, 0) is 103 Å². The van der Waals surface area contributed by atoms with E-state index in [2.05, 4.69) is 105 Å². The molecule has 0 aliphatic heterocycles. The Labute approximate surface area is 241 Å². The molecule has 40 heavy (non-hydrogen) atoms. The van der Waals surface area contributed by atoms with E-state index in [1.165, 1.54) is 51.7 Å². The molecule has 0 bridgehead atoms. The number of hydrogen-bond acceptors (Lipinski definition) is 1. The van der Waals surface area contributed by atoms with Crippen LogP contribution in [0, 0.1) is 11.8 Å². The summed E-state index contributed by atoms with van der Waals surface area (Å²) in [6.07, 6.45) is 23.0. The lowest BCUT2D eigenvalue weighted by Gasteiger charge is -2.28. The first-order chi connectivity index (χ1) is 19.4. The van der Waals surface area contributed by atoms with E-state index in [1.54, 1.807) is 5.57 Å². The Kier molecular flexibility index (Phi) is 8.26. The van der Waals surface area contributed by atoms with E-state index in [9.17, 15) is 0 Å². The standard InChI is InChI=1S/C38H44N2/c1-6-10-27(7-2)37(40-25-39)23-26(3)28-13-15-29(16-14-28)30-17-19-31(20-18-30)32-21-22-36-34(24-32)33-11-8-9-12-35(33)38(36,4)5/h6-13,15,19,21-26,30H,14,16-18,20H2,1-5H3,(H2,39,40)/b10-6-,27-7+,37-23-. The first-order valence-corrected chi connectivity index (χ1v) is 15.0. The molecular weight excluding hydrogens is 484 g/mol. The average molecular weight is 529 g/mol. The van der Waals surface area contributed by atoms with Gasteiger partial charge >= 0.3 is 0 Å². The number of fused-ring (bicyclic) bond motifs is 3. The molecular formula is C38H44N2. The minimum Gasteiger partial charge on any atom is -0.390 e. The molecule has 3 aliphatic carbocycles. The van der Waals surface area contributed by atoms with Crippen LogP contribution in [0.25, 0.3) is 16.7 Å². The lowest BCUT2D eigenvalue weighted by Crippen LogP contribution is -2.15. The Morgan fingerprint density at radius 3 is 2.48 bits per heavy atom. The van der Waals surface area contributed by atoms with E-state index < -0.39 is 0 Å². The smallest absolute Gasteiger partial charge is 0.0860 e. The summed E-state index contributed by atoms with van der Waals surface area (Å²) < 4.78 is 0. The Balaban J connectivity index is 1.30. The van der Waals surface area contributed by atoms with Crippen molar-refractivity contribution in [2.75, 3.05) is 0 Å². The van der Waals surface area contributed by atoms with Gasteiger partial charge in [0.2, 0.25) is 0 Å². The van der Waals surface area contributed by atoms with Crippen LogP contribution in [0.5, 0.6) is 0 Å². The second-order valence-electron chi connectivity index (χ2n) is 12.0. The zero-order valence-electron chi connectivity index (χ0n) is 24.9. The first kappa shape index (κ1) is 27.9. The van der Waals surface area contributed by atoms with Gasteiger partial charge in [0.15, 0.2) is 0 Å². The highest BCUT2D eigenvalue weighted by atomic mass is 14.8. The van der Waals surface area contributed by atoms with Gasteiger partial charge in [0.05, 0.1) is 12.0 Å². The Bertz CT molecular complexity index is 1490. The quantitative estimate of drug-likeness (QED) is 0.217. The summed E-state index contributed by atoms with van der Waals surface area (Å²) in [7, 11) is 0. The molecule has 2 aromatic rings. The van der Waals surface area contributed by atoms with Gasteiger partial charge in [0.25, 0.3) is 0 Å². The van der Waals surface area contributed by atoms with Gasteiger partial charge in [-0.1, -0.05) is 111 Å². The van der Waals surface area contributed by atoms with Crippen molar-refractivity contribution >= 4 is 11.9 Å². The predicted octanol–water partition coefficient (Wildman–Crippen LogP) is 9.85. The zero-order valence-corrected chi connectivity index (χ0v) is 24.9. The molecule has 2 heteroatoms. The number of aliphatic imine (C=N–C) groups is 1. The molecule has 2 N–H and O–H groups in total. The second-order valence-corrected chi connectivity index (χ2v) is 12.0. The second kappa shape index (κ2) is 11.8. The van der Waals surface area contributed by atoms with Crippen LogP contribution in [0.4, 0.5) is 0 Å². The van der Waals surface area contributed by atoms with Crippen molar-refractivity contribution in [2.24, 2.45) is 22.6 Å². The van der Waals surface area contributed by atoms with E-state index in [-0.39, 0.29) is 5.41 Å². The van der Waals surface area contributed by atoms with Crippen LogP contribution in [0.1, 0.15) is 83.4 Å². The number of nitrogens with zero attached hydrogens (tertiary/aromatic N) is 1. The molecule has 0 spiro atoms. The number of hydrogen-bond donors (Lipinski definition) is 1. The highest BCUT2D eigenvalue weighted by Crippen LogP contribution is 2.49. The highest BCUT2D eigenvalue weighted by Gasteiger charge is 2.35. The van der Waals surface area contributed by atoms with Crippen molar-refractivity contribution in [2.45, 2.75) is 72.1 Å². The van der Waals surface area contributed by atoms with Crippen LogP contribution < -0.4 is 5.73 Å². The maximum Gasteiger partial charge on any atom is 0.0860 e. The van der Waals surface area contributed by atoms with Gasteiger partial charge < -0.3 is 5.73 Å². The molecule has 206 valence electrons. The van der Waals surface area contributed by atoms with Crippen molar-refractivity contribution in [1.29, 1.82) is 0 Å². The van der Waals surface area contributed by atoms with Crippen LogP contribution >= 0.6 is 0 Å². The topological polar surface area (TPSA) is 38.4 Å². The average Bonchev–Trinajstić information content (AvgIpc) is 3.22. The van der Waals surface area contributed by atoms with Crippen LogP contribution in [-0.2, 0) is 5.41 Å². The summed E-state index contributed by atoms with van der Waals surface area (Å²) in [5.74, 6) is 0.979. The molecule has 0 aromatic heterocycles. The molecule has 0 fully saturated rings. The minimum atomic E-state index is 0.0738. The third kappa shape index (κ3) is 5.37. The van der Waals surface area contributed by atoms with Gasteiger partial charge in [-0.15, -0.1) is 0 Å². The molecule has 5 rings (SSSR count). The van der Waals surface area contributed by atoms with E-state index in [0.29, 0.717) is 11.8 Å². The SMILES string of the molecule is C\C=C/C(=C\C)C(=C/C(C)C1=CC=C(C2CC=C(c3ccc4c(c3)-c3ccccc3C4(C)C)CC2)CC1)/N=C\N. The number of benzene rings is 2. The van der Waals surface area contributed by atoms with Gasteiger partial charge in [-0.3, -0.25) is 0 Å². The largest absolute Gasteiger partial charge is 0.390 e. The molecule has 0 heterocycles. The fourth-order valence-corrected chi connectivity index (χ4v) is 6.89. The zero-order chi connectivity index (χ0) is 28.3. The maximum absolute atomic E-state index is 5.66. The first-order valence-electron chi connectivity index (χ1n) is 15.0. The summed E-state index contributed by atoms with van der Waals surface area (Å²) in [4.78, 5) is 4.45. The van der Waals surface area contributed by atoms with Crippen molar-refractivity contribution in [1.82, 2.24) is 0 Å². The molecule has 0 saturated heterocycles.